The predicted octanol–water partition coefficient (Wildman–Crippen LogP) is 5.71. The van der Waals surface area contributed by atoms with Gasteiger partial charge in [0.2, 0.25) is 5.13 Å². The van der Waals surface area contributed by atoms with Gasteiger partial charge >= 0.3 is 0 Å². The van der Waals surface area contributed by atoms with Crippen LogP contribution in [0.4, 0.5) is 13.9 Å². The molecule has 27 heavy (non-hydrogen) atoms. The molecule has 0 saturated carbocycles. The number of unbranched alkanes of at least 4 members (excludes halogenated alkanes) is 1. The summed E-state index contributed by atoms with van der Waals surface area (Å²) in [7, 11) is 0. The van der Waals surface area contributed by atoms with E-state index in [4.69, 9.17) is 4.74 Å². The van der Waals surface area contributed by atoms with Crippen LogP contribution in [0.2, 0.25) is 0 Å². The van der Waals surface area contributed by atoms with Gasteiger partial charge in [-0.25, -0.2) is 13.8 Å². The lowest BCUT2D eigenvalue weighted by atomic mass is 10.2. The lowest BCUT2D eigenvalue weighted by Crippen LogP contribution is -2.02. The van der Waals surface area contributed by atoms with Crippen LogP contribution >= 0.6 is 11.3 Å². The topological polar surface area (TPSA) is 46.5 Å². The average molecular weight is 387 g/mol. The van der Waals surface area contributed by atoms with Gasteiger partial charge in [-0.15, -0.1) is 11.3 Å². The number of thiazole rings is 1. The first-order valence-electron chi connectivity index (χ1n) is 8.59. The molecule has 0 aliphatic heterocycles. The molecule has 1 N–H and O–H groups in total. The van der Waals surface area contributed by atoms with Crippen LogP contribution in [0, 0.1) is 11.6 Å². The van der Waals surface area contributed by atoms with Crippen LogP contribution in [-0.4, -0.2) is 17.8 Å². The molecule has 0 aliphatic carbocycles. The molecule has 0 spiro atoms. The van der Waals surface area contributed by atoms with Crippen molar-refractivity contribution < 1.29 is 13.5 Å². The molecule has 1 heterocycles. The predicted molar refractivity (Wildman–Crippen MR) is 106 cm³/mol. The maximum atomic E-state index is 14.0. The SMILES string of the molecule is CCCCOc1c(F)cc(C=NNc2nc(-c3ccccc3)cs2)cc1F. The fourth-order valence-corrected chi connectivity index (χ4v) is 3.01. The summed E-state index contributed by atoms with van der Waals surface area (Å²) in [5, 5.41) is 6.51. The number of anilines is 1. The fraction of sp³-hybridized carbons (Fsp3) is 0.200. The van der Waals surface area contributed by atoms with Gasteiger partial charge in [-0.2, -0.15) is 5.10 Å². The Morgan fingerprint density at radius 3 is 2.63 bits per heavy atom. The van der Waals surface area contributed by atoms with Gasteiger partial charge in [-0.05, 0) is 18.6 Å². The molecular weight excluding hydrogens is 368 g/mol. The molecule has 0 radical (unpaired) electrons. The Morgan fingerprint density at radius 2 is 1.93 bits per heavy atom. The van der Waals surface area contributed by atoms with Gasteiger partial charge in [-0.1, -0.05) is 43.7 Å². The molecule has 140 valence electrons. The van der Waals surface area contributed by atoms with E-state index in [1.807, 2.05) is 42.6 Å². The first kappa shape index (κ1) is 19.0. The number of hydrogen-bond donors (Lipinski definition) is 1. The Kier molecular flexibility index (Phi) is 6.49. The Morgan fingerprint density at radius 1 is 1.19 bits per heavy atom. The summed E-state index contributed by atoms with van der Waals surface area (Å²) < 4.78 is 33.2. The Hall–Kier alpha value is -2.80. The van der Waals surface area contributed by atoms with E-state index in [0.717, 1.165) is 24.1 Å². The summed E-state index contributed by atoms with van der Waals surface area (Å²) in [5.74, 6) is -1.83. The Balaban J connectivity index is 1.64. The first-order chi connectivity index (χ1) is 13.2. The Labute approximate surface area is 160 Å². The van der Waals surface area contributed by atoms with E-state index in [1.165, 1.54) is 29.7 Å². The van der Waals surface area contributed by atoms with Gasteiger partial charge < -0.3 is 4.74 Å². The quantitative estimate of drug-likeness (QED) is 0.306. The number of nitrogens with zero attached hydrogens (tertiary/aromatic N) is 2. The molecule has 2 aromatic carbocycles. The van der Waals surface area contributed by atoms with Crippen molar-refractivity contribution in [1.29, 1.82) is 0 Å². The summed E-state index contributed by atoms with van der Waals surface area (Å²) in [4.78, 5) is 4.43. The minimum atomic E-state index is -0.742. The van der Waals surface area contributed by atoms with E-state index in [1.54, 1.807) is 0 Å². The van der Waals surface area contributed by atoms with Crippen LogP contribution < -0.4 is 10.2 Å². The summed E-state index contributed by atoms with van der Waals surface area (Å²) >= 11 is 1.40. The number of halogens is 2. The summed E-state index contributed by atoms with van der Waals surface area (Å²) in [6.07, 6.45) is 2.97. The van der Waals surface area contributed by atoms with E-state index >= 15 is 0 Å². The van der Waals surface area contributed by atoms with E-state index in [0.29, 0.717) is 10.7 Å². The molecular formula is C20H19F2N3OS. The van der Waals surface area contributed by atoms with Crippen molar-refractivity contribution in [2.45, 2.75) is 19.8 Å². The zero-order valence-electron chi connectivity index (χ0n) is 14.8. The molecule has 3 rings (SSSR count). The maximum absolute atomic E-state index is 14.0. The minimum Gasteiger partial charge on any atom is -0.488 e. The van der Waals surface area contributed by atoms with Crippen LogP contribution in [-0.2, 0) is 0 Å². The average Bonchev–Trinajstić information content (AvgIpc) is 3.14. The number of hydrazone groups is 1. The summed E-state index contributed by atoms with van der Waals surface area (Å²) in [5.41, 5.74) is 4.92. The zero-order chi connectivity index (χ0) is 19.1. The van der Waals surface area contributed by atoms with Crippen molar-refractivity contribution in [2.75, 3.05) is 12.0 Å². The summed E-state index contributed by atoms with van der Waals surface area (Å²) in [6, 6.07) is 12.1. The van der Waals surface area contributed by atoms with Crippen LogP contribution in [0.1, 0.15) is 25.3 Å². The lowest BCUT2D eigenvalue weighted by molar-refractivity contribution is 0.278. The highest BCUT2D eigenvalue weighted by Crippen LogP contribution is 2.25. The summed E-state index contributed by atoms with van der Waals surface area (Å²) in [6.45, 7) is 2.26. The molecule has 0 aliphatic rings. The number of rotatable bonds is 8. The fourth-order valence-electron chi connectivity index (χ4n) is 2.34. The number of nitrogens with one attached hydrogen (secondary N) is 1. The van der Waals surface area contributed by atoms with Crippen molar-refractivity contribution in [1.82, 2.24) is 4.98 Å². The van der Waals surface area contributed by atoms with Crippen molar-refractivity contribution in [3.05, 3.63) is 65.0 Å². The number of hydrogen-bond acceptors (Lipinski definition) is 5. The standard InChI is InChI=1S/C20H19F2N3OS/c1-2-3-9-26-19-16(21)10-14(11-17(19)22)12-23-25-20-24-18(13-27-20)15-7-5-4-6-8-15/h4-8,10-13H,2-3,9H2,1H3,(H,24,25). The molecule has 0 saturated heterocycles. The maximum Gasteiger partial charge on any atom is 0.203 e. The molecule has 4 nitrogen and oxygen atoms in total. The second-order valence-corrected chi connectivity index (χ2v) is 6.65. The van der Waals surface area contributed by atoms with E-state index in [-0.39, 0.29) is 12.4 Å². The van der Waals surface area contributed by atoms with Crippen LogP contribution in [0.3, 0.4) is 0 Å². The highest BCUT2D eigenvalue weighted by atomic mass is 32.1. The van der Waals surface area contributed by atoms with Gasteiger partial charge in [0.15, 0.2) is 17.4 Å². The normalized spacial score (nSPS) is 11.1. The molecule has 7 heteroatoms. The van der Waals surface area contributed by atoms with Gasteiger partial charge in [0.1, 0.15) is 0 Å². The molecule has 0 unspecified atom stereocenters. The number of ether oxygens (including phenoxy) is 1. The third-order valence-corrected chi connectivity index (χ3v) is 4.46. The Bertz CT molecular complexity index is 890. The van der Waals surface area contributed by atoms with Crippen molar-refractivity contribution in [3.63, 3.8) is 0 Å². The molecule has 3 aromatic rings. The highest BCUT2D eigenvalue weighted by Gasteiger charge is 2.12. The minimum absolute atomic E-state index is 0.285. The van der Waals surface area contributed by atoms with Gasteiger partial charge in [0.25, 0.3) is 0 Å². The zero-order valence-corrected chi connectivity index (χ0v) is 15.6. The van der Waals surface area contributed by atoms with E-state index in [9.17, 15) is 8.78 Å². The van der Waals surface area contributed by atoms with E-state index < -0.39 is 11.6 Å². The first-order valence-corrected chi connectivity index (χ1v) is 9.47. The molecule has 0 amide bonds. The monoisotopic (exact) mass is 387 g/mol. The van der Waals surface area contributed by atoms with E-state index in [2.05, 4.69) is 15.5 Å². The second-order valence-electron chi connectivity index (χ2n) is 5.79. The van der Waals surface area contributed by atoms with Crippen molar-refractivity contribution in [2.24, 2.45) is 5.10 Å². The third kappa shape index (κ3) is 5.10. The second kappa shape index (κ2) is 9.23. The largest absolute Gasteiger partial charge is 0.488 e. The highest BCUT2D eigenvalue weighted by molar-refractivity contribution is 7.14. The van der Waals surface area contributed by atoms with Crippen molar-refractivity contribution >= 4 is 22.7 Å². The van der Waals surface area contributed by atoms with Crippen molar-refractivity contribution in [3.8, 4) is 17.0 Å². The number of aromatic nitrogens is 1. The molecule has 1 aromatic heterocycles. The third-order valence-electron chi connectivity index (χ3n) is 3.71. The number of benzene rings is 2. The van der Waals surface area contributed by atoms with Crippen LogP contribution in [0.25, 0.3) is 11.3 Å². The van der Waals surface area contributed by atoms with Gasteiger partial charge in [0.05, 0.1) is 18.5 Å². The van der Waals surface area contributed by atoms with Crippen LogP contribution in [0.5, 0.6) is 5.75 Å². The van der Waals surface area contributed by atoms with Gasteiger partial charge in [0, 0.05) is 16.5 Å². The smallest absolute Gasteiger partial charge is 0.203 e. The molecule has 0 atom stereocenters. The lowest BCUT2D eigenvalue weighted by Gasteiger charge is -2.08. The molecule has 0 fully saturated rings. The van der Waals surface area contributed by atoms with Gasteiger partial charge in [-0.3, -0.25) is 5.43 Å². The van der Waals surface area contributed by atoms with Crippen LogP contribution in [0.15, 0.2) is 52.9 Å². The molecule has 0 bridgehead atoms.